The molecule has 7 nitrogen and oxygen atoms in total. The molecule has 1 aliphatic rings. The van der Waals surface area contributed by atoms with Crippen molar-refractivity contribution in [2.24, 2.45) is 0 Å². The quantitative estimate of drug-likeness (QED) is 0.502. The van der Waals surface area contributed by atoms with Gasteiger partial charge in [0.15, 0.2) is 5.13 Å². The smallest absolute Gasteiger partial charge is 0.254 e. The van der Waals surface area contributed by atoms with Crippen LogP contribution in [0.25, 0.3) is 0 Å². The Morgan fingerprint density at radius 2 is 1.84 bits per heavy atom. The maximum absolute atomic E-state index is 12.9. The number of piperazine rings is 1. The Labute approximate surface area is 197 Å². The predicted octanol–water partition coefficient (Wildman–Crippen LogP) is 4.50. The number of halogens is 1. The number of rotatable bonds is 5. The Bertz CT molecular complexity index is 1100. The first-order chi connectivity index (χ1) is 15.0. The Balaban J connectivity index is 1.39. The summed E-state index contributed by atoms with van der Waals surface area (Å²) in [6.45, 7) is 3.85. The molecule has 4 rings (SSSR count). The van der Waals surface area contributed by atoms with Crippen molar-refractivity contribution in [2.45, 2.75) is 16.0 Å². The lowest BCUT2D eigenvalue weighted by atomic mass is 10.2. The summed E-state index contributed by atoms with van der Waals surface area (Å²) in [6, 6.07) is 13.3. The van der Waals surface area contributed by atoms with Crippen molar-refractivity contribution in [3.8, 4) is 0 Å². The topological polar surface area (TPSA) is 78.4 Å². The molecule has 10 heteroatoms. The fourth-order valence-electron chi connectivity index (χ4n) is 3.17. The molecule has 3 aromatic rings. The molecule has 1 aromatic carbocycles. The summed E-state index contributed by atoms with van der Waals surface area (Å²) >= 11 is 6.45. The molecule has 0 aliphatic carbocycles. The number of hydrogen-bond donors (Lipinski definition) is 1. The zero-order valence-electron chi connectivity index (χ0n) is 16.7. The van der Waals surface area contributed by atoms with Gasteiger partial charge in [-0.2, -0.15) is 0 Å². The molecular weight excluding hydrogens is 498 g/mol. The molecule has 0 bridgehead atoms. The second kappa shape index (κ2) is 9.80. The fraction of sp³-hybridized carbons (Fsp3) is 0.238. The average Bonchev–Trinajstić information content (AvgIpc) is 3.20. The van der Waals surface area contributed by atoms with Crippen LogP contribution < -0.4 is 5.32 Å². The maximum atomic E-state index is 12.9. The van der Waals surface area contributed by atoms with E-state index in [-0.39, 0.29) is 11.8 Å². The van der Waals surface area contributed by atoms with Crippen LogP contribution in [0.3, 0.4) is 0 Å². The summed E-state index contributed by atoms with van der Waals surface area (Å²) in [5, 5.41) is 3.95. The average molecular weight is 518 g/mol. The fourth-order valence-corrected chi connectivity index (χ4v) is 5.43. The van der Waals surface area contributed by atoms with E-state index in [2.05, 4.69) is 31.2 Å². The van der Waals surface area contributed by atoms with Gasteiger partial charge in [-0.15, -0.1) is 0 Å². The predicted molar refractivity (Wildman–Crippen MR) is 126 cm³/mol. The number of nitrogens with one attached hydrogen (secondary N) is 1. The normalized spacial score (nSPS) is 13.9. The van der Waals surface area contributed by atoms with Crippen LogP contribution in [0, 0.1) is 0 Å². The summed E-state index contributed by atoms with van der Waals surface area (Å²) in [4.78, 5) is 37.7. The second-order valence-electron chi connectivity index (χ2n) is 6.88. The van der Waals surface area contributed by atoms with Crippen LogP contribution in [0.4, 0.5) is 10.9 Å². The van der Waals surface area contributed by atoms with Gasteiger partial charge in [-0.25, -0.2) is 9.97 Å². The first kappa shape index (κ1) is 21.8. The van der Waals surface area contributed by atoms with E-state index < -0.39 is 0 Å². The van der Waals surface area contributed by atoms with Gasteiger partial charge in [0.25, 0.3) is 5.91 Å². The first-order valence-electron chi connectivity index (χ1n) is 9.66. The SMILES string of the molecule is CC(=O)N1CCN(C(=O)c2cccc(Sc3cnc(Nc4cccc(Br)n4)s3)c2)CC1. The lowest BCUT2D eigenvalue weighted by Gasteiger charge is -2.34. The van der Waals surface area contributed by atoms with E-state index in [9.17, 15) is 9.59 Å². The van der Waals surface area contributed by atoms with Gasteiger partial charge < -0.3 is 15.1 Å². The molecule has 31 heavy (non-hydrogen) atoms. The van der Waals surface area contributed by atoms with Gasteiger partial charge in [0.05, 0.1) is 10.4 Å². The third-order valence-corrected chi connectivity index (χ3v) is 7.19. The van der Waals surface area contributed by atoms with Crippen molar-refractivity contribution >= 4 is 61.8 Å². The highest BCUT2D eigenvalue weighted by Gasteiger charge is 2.23. The molecule has 2 aromatic heterocycles. The van der Waals surface area contributed by atoms with Crippen molar-refractivity contribution in [3.63, 3.8) is 0 Å². The molecule has 0 unspecified atom stereocenters. The van der Waals surface area contributed by atoms with Gasteiger partial charge in [0, 0.05) is 43.6 Å². The lowest BCUT2D eigenvalue weighted by molar-refractivity contribution is -0.130. The molecule has 1 N–H and O–H groups in total. The number of carbonyl (C=O) groups excluding carboxylic acids is 2. The Morgan fingerprint density at radius 1 is 1.10 bits per heavy atom. The Hall–Kier alpha value is -2.43. The van der Waals surface area contributed by atoms with E-state index in [4.69, 9.17) is 0 Å². The highest BCUT2D eigenvalue weighted by Crippen LogP contribution is 2.35. The van der Waals surface area contributed by atoms with Crippen molar-refractivity contribution in [1.29, 1.82) is 0 Å². The van der Waals surface area contributed by atoms with Crippen LogP contribution in [0.1, 0.15) is 17.3 Å². The van der Waals surface area contributed by atoms with Crippen LogP contribution in [-0.4, -0.2) is 57.8 Å². The van der Waals surface area contributed by atoms with Gasteiger partial charge in [0.1, 0.15) is 10.4 Å². The van der Waals surface area contributed by atoms with Crippen LogP contribution >= 0.6 is 39.0 Å². The van der Waals surface area contributed by atoms with Crippen molar-refractivity contribution in [1.82, 2.24) is 19.8 Å². The number of carbonyl (C=O) groups is 2. The monoisotopic (exact) mass is 517 g/mol. The molecule has 0 spiro atoms. The highest BCUT2D eigenvalue weighted by molar-refractivity contribution is 9.10. The number of hydrogen-bond acceptors (Lipinski definition) is 7. The van der Waals surface area contributed by atoms with E-state index in [1.54, 1.807) is 23.6 Å². The van der Waals surface area contributed by atoms with Gasteiger partial charge >= 0.3 is 0 Å². The highest BCUT2D eigenvalue weighted by atomic mass is 79.9. The molecule has 1 aliphatic heterocycles. The number of aromatic nitrogens is 2. The minimum Gasteiger partial charge on any atom is -0.339 e. The molecule has 1 saturated heterocycles. The van der Waals surface area contributed by atoms with Crippen LogP contribution in [0.15, 0.2) is 62.4 Å². The Morgan fingerprint density at radius 3 is 2.58 bits per heavy atom. The molecule has 0 saturated carbocycles. The van der Waals surface area contributed by atoms with Crippen LogP contribution in [-0.2, 0) is 4.79 Å². The molecule has 160 valence electrons. The van der Waals surface area contributed by atoms with E-state index in [1.807, 2.05) is 53.6 Å². The molecule has 1 fully saturated rings. The standard InChI is InChI=1S/C21H20BrN5O2S2/c1-14(28)26-8-10-27(11-9-26)20(29)15-4-2-5-16(12-15)30-19-13-23-21(31-19)25-18-7-3-6-17(22)24-18/h2-7,12-13H,8-11H2,1H3,(H,23,24,25). The van der Waals surface area contributed by atoms with Gasteiger partial charge in [-0.1, -0.05) is 35.2 Å². The zero-order chi connectivity index (χ0) is 21.8. The summed E-state index contributed by atoms with van der Waals surface area (Å²) < 4.78 is 1.77. The van der Waals surface area contributed by atoms with E-state index in [0.29, 0.717) is 31.7 Å². The van der Waals surface area contributed by atoms with Crippen LogP contribution in [0.2, 0.25) is 0 Å². The third kappa shape index (κ3) is 5.63. The largest absolute Gasteiger partial charge is 0.339 e. The number of benzene rings is 1. The summed E-state index contributed by atoms with van der Waals surface area (Å²) in [6.07, 6.45) is 1.81. The number of anilines is 2. The molecule has 3 heterocycles. The summed E-state index contributed by atoms with van der Waals surface area (Å²) in [5.41, 5.74) is 0.655. The summed E-state index contributed by atoms with van der Waals surface area (Å²) in [5.74, 6) is 0.773. The molecule has 0 radical (unpaired) electrons. The molecule has 0 atom stereocenters. The number of pyridine rings is 1. The second-order valence-corrected chi connectivity index (χ2v) is 10.1. The van der Waals surface area contributed by atoms with E-state index >= 15 is 0 Å². The van der Waals surface area contributed by atoms with Gasteiger partial charge in [0.2, 0.25) is 5.91 Å². The first-order valence-corrected chi connectivity index (χ1v) is 12.1. The minimum atomic E-state index is -0.00181. The van der Waals surface area contributed by atoms with E-state index in [1.165, 1.54) is 11.3 Å². The molecule has 2 amide bonds. The zero-order valence-corrected chi connectivity index (χ0v) is 20.0. The number of amides is 2. The molecular formula is C21H20BrN5O2S2. The number of thiazole rings is 1. The van der Waals surface area contributed by atoms with Gasteiger partial charge in [-0.05, 0) is 46.3 Å². The van der Waals surface area contributed by atoms with Crippen molar-refractivity contribution in [2.75, 3.05) is 31.5 Å². The van der Waals surface area contributed by atoms with Crippen molar-refractivity contribution in [3.05, 3.63) is 58.8 Å². The van der Waals surface area contributed by atoms with Crippen molar-refractivity contribution < 1.29 is 9.59 Å². The summed E-state index contributed by atoms with van der Waals surface area (Å²) in [7, 11) is 0. The lowest BCUT2D eigenvalue weighted by Crippen LogP contribution is -2.50. The van der Waals surface area contributed by atoms with E-state index in [0.717, 1.165) is 24.7 Å². The van der Waals surface area contributed by atoms with Crippen LogP contribution in [0.5, 0.6) is 0 Å². The minimum absolute atomic E-state index is 0.00181. The third-order valence-electron chi connectivity index (χ3n) is 4.75. The Kier molecular flexibility index (Phi) is 6.89. The number of nitrogens with zero attached hydrogens (tertiary/aromatic N) is 4. The maximum Gasteiger partial charge on any atom is 0.254 e. The van der Waals surface area contributed by atoms with Gasteiger partial charge in [-0.3, -0.25) is 9.59 Å².